The minimum absolute atomic E-state index is 0.0769. The maximum Gasteiger partial charge on any atom is 0.0930 e. The minimum atomic E-state index is -0.677. The summed E-state index contributed by atoms with van der Waals surface area (Å²) in [5.41, 5.74) is -0.379. The van der Waals surface area contributed by atoms with Crippen LogP contribution in [0.3, 0.4) is 0 Å². The van der Waals surface area contributed by atoms with Gasteiger partial charge in [0.1, 0.15) is 0 Å². The molecule has 3 heteroatoms. The molecule has 0 unspecified atom stereocenters. The lowest BCUT2D eigenvalue weighted by molar-refractivity contribution is -0.157. The number of aliphatic hydroxyl groups excluding tert-OH is 1. The van der Waals surface area contributed by atoms with Crippen LogP contribution in [0.25, 0.3) is 0 Å². The molecular formula is C19H32O3. The van der Waals surface area contributed by atoms with Gasteiger partial charge >= 0.3 is 0 Å². The van der Waals surface area contributed by atoms with Crippen LogP contribution in [0, 0.1) is 28.6 Å². The molecule has 126 valence electrons. The van der Waals surface area contributed by atoms with Crippen molar-refractivity contribution in [3.8, 4) is 0 Å². The van der Waals surface area contributed by atoms with Crippen LogP contribution in [0.5, 0.6) is 0 Å². The molecule has 1 saturated heterocycles. The van der Waals surface area contributed by atoms with E-state index in [4.69, 9.17) is 4.74 Å². The Balaban J connectivity index is 1.64. The molecule has 4 aliphatic rings. The maximum atomic E-state index is 10.8. The van der Waals surface area contributed by atoms with Crippen molar-refractivity contribution in [1.82, 2.24) is 0 Å². The van der Waals surface area contributed by atoms with Crippen molar-refractivity contribution in [3.63, 3.8) is 0 Å². The summed E-state index contributed by atoms with van der Waals surface area (Å²) in [4.78, 5) is 0. The topological polar surface area (TPSA) is 49.7 Å². The first-order chi connectivity index (χ1) is 10.3. The van der Waals surface area contributed by atoms with Crippen LogP contribution in [-0.2, 0) is 4.74 Å². The SMILES string of the molecule is C[C@]12CC[C@H](O)C[C@@H]1CC[C@@H]1[C@@H]2CC[C@@]2(C)[C@H]1OC[C@]2(C)O. The Bertz CT molecular complexity index is 462. The Morgan fingerprint density at radius 1 is 1.00 bits per heavy atom. The molecule has 3 nitrogen and oxygen atoms in total. The Kier molecular flexibility index (Phi) is 3.30. The smallest absolute Gasteiger partial charge is 0.0930 e. The molecule has 3 saturated carbocycles. The molecule has 0 aromatic rings. The molecule has 4 fully saturated rings. The van der Waals surface area contributed by atoms with Gasteiger partial charge in [0.15, 0.2) is 0 Å². The second kappa shape index (κ2) is 4.70. The second-order valence-corrected chi connectivity index (χ2v) is 9.44. The van der Waals surface area contributed by atoms with Gasteiger partial charge in [0.05, 0.1) is 24.4 Å². The molecule has 1 aliphatic heterocycles. The average molecular weight is 308 g/mol. The third-order valence-electron chi connectivity index (χ3n) is 8.48. The monoisotopic (exact) mass is 308 g/mol. The fourth-order valence-corrected chi connectivity index (χ4v) is 6.69. The van der Waals surface area contributed by atoms with E-state index in [1.165, 1.54) is 25.7 Å². The predicted octanol–water partition coefficient (Wildman–Crippen LogP) is 3.13. The zero-order valence-electron chi connectivity index (χ0n) is 14.3. The lowest BCUT2D eigenvalue weighted by Gasteiger charge is -2.60. The number of ether oxygens (including phenoxy) is 1. The Hall–Kier alpha value is -0.120. The molecule has 0 radical (unpaired) electrons. The maximum absolute atomic E-state index is 10.8. The first kappa shape index (κ1) is 15.4. The van der Waals surface area contributed by atoms with Crippen LogP contribution in [0.15, 0.2) is 0 Å². The third kappa shape index (κ3) is 1.85. The Morgan fingerprint density at radius 2 is 1.77 bits per heavy atom. The fourth-order valence-electron chi connectivity index (χ4n) is 6.69. The fraction of sp³-hybridized carbons (Fsp3) is 1.00. The molecule has 2 N–H and O–H groups in total. The van der Waals surface area contributed by atoms with E-state index in [0.29, 0.717) is 29.8 Å². The molecule has 0 aromatic heterocycles. The Morgan fingerprint density at radius 3 is 2.55 bits per heavy atom. The summed E-state index contributed by atoms with van der Waals surface area (Å²) in [5, 5.41) is 20.9. The van der Waals surface area contributed by atoms with Crippen molar-refractivity contribution in [2.75, 3.05) is 6.61 Å². The summed E-state index contributed by atoms with van der Waals surface area (Å²) in [6.45, 7) is 7.20. The number of rotatable bonds is 0. The number of aliphatic hydroxyl groups is 2. The molecule has 22 heavy (non-hydrogen) atoms. The van der Waals surface area contributed by atoms with Crippen LogP contribution in [0.1, 0.15) is 65.7 Å². The van der Waals surface area contributed by atoms with Gasteiger partial charge in [0.25, 0.3) is 0 Å². The van der Waals surface area contributed by atoms with E-state index in [1.54, 1.807) is 0 Å². The molecular weight excluding hydrogens is 276 g/mol. The number of fused-ring (bicyclic) bond motifs is 5. The van der Waals surface area contributed by atoms with E-state index >= 15 is 0 Å². The highest BCUT2D eigenvalue weighted by Gasteiger charge is 2.64. The summed E-state index contributed by atoms with van der Waals surface area (Å²) in [6.07, 6.45) is 8.03. The predicted molar refractivity (Wildman–Crippen MR) is 85.4 cm³/mol. The van der Waals surface area contributed by atoms with E-state index in [9.17, 15) is 10.2 Å². The van der Waals surface area contributed by atoms with Crippen LogP contribution in [-0.4, -0.2) is 34.6 Å². The van der Waals surface area contributed by atoms with Gasteiger partial charge in [-0.3, -0.25) is 0 Å². The van der Waals surface area contributed by atoms with Crippen LogP contribution < -0.4 is 0 Å². The van der Waals surface area contributed by atoms with Gasteiger partial charge in [0.2, 0.25) is 0 Å². The van der Waals surface area contributed by atoms with Crippen molar-refractivity contribution in [1.29, 1.82) is 0 Å². The molecule has 0 spiro atoms. The average Bonchev–Trinajstić information content (AvgIpc) is 2.70. The summed E-state index contributed by atoms with van der Waals surface area (Å²) in [5.74, 6) is 2.00. The van der Waals surface area contributed by atoms with Gasteiger partial charge < -0.3 is 14.9 Å². The van der Waals surface area contributed by atoms with Crippen LogP contribution >= 0.6 is 0 Å². The highest BCUT2D eigenvalue weighted by molar-refractivity contribution is 5.13. The standard InChI is InChI=1S/C19H32O3/c1-17-8-6-13(20)10-12(17)4-5-14-15(17)7-9-18(2)16(14)22-11-19(18,3)21/h12-16,20-21H,4-11H2,1-3H3/t12-,13-,14+,15-,16-,17-,18-,19-/m0/s1. The third-order valence-corrected chi connectivity index (χ3v) is 8.48. The van der Waals surface area contributed by atoms with E-state index < -0.39 is 5.60 Å². The molecule has 4 rings (SSSR count). The first-order valence-electron chi connectivity index (χ1n) is 9.30. The van der Waals surface area contributed by atoms with Crippen molar-refractivity contribution in [3.05, 3.63) is 0 Å². The van der Waals surface area contributed by atoms with Crippen LogP contribution in [0.4, 0.5) is 0 Å². The highest BCUT2D eigenvalue weighted by atomic mass is 16.5. The molecule has 0 bridgehead atoms. The lowest BCUT2D eigenvalue weighted by atomic mass is 9.45. The number of hydrogen-bond donors (Lipinski definition) is 2. The van der Waals surface area contributed by atoms with Gasteiger partial charge in [-0.2, -0.15) is 0 Å². The summed E-state index contributed by atoms with van der Waals surface area (Å²) in [7, 11) is 0. The lowest BCUT2D eigenvalue weighted by Crippen LogP contribution is -2.58. The number of hydrogen-bond acceptors (Lipinski definition) is 3. The second-order valence-electron chi connectivity index (χ2n) is 9.44. The molecule has 3 aliphatic carbocycles. The van der Waals surface area contributed by atoms with Gasteiger partial charge in [0, 0.05) is 5.41 Å². The zero-order valence-corrected chi connectivity index (χ0v) is 14.3. The van der Waals surface area contributed by atoms with E-state index in [0.717, 1.165) is 19.3 Å². The van der Waals surface area contributed by atoms with Gasteiger partial charge in [-0.05, 0) is 75.0 Å². The van der Waals surface area contributed by atoms with Crippen molar-refractivity contribution >= 4 is 0 Å². The molecule has 1 heterocycles. The minimum Gasteiger partial charge on any atom is -0.393 e. The largest absolute Gasteiger partial charge is 0.393 e. The zero-order chi connectivity index (χ0) is 15.8. The molecule has 8 atom stereocenters. The quantitative estimate of drug-likeness (QED) is 0.723. The molecule has 0 aromatic carbocycles. The van der Waals surface area contributed by atoms with E-state index in [2.05, 4.69) is 13.8 Å². The van der Waals surface area contributed by atoms with Crippen molar-refractivity contribution < 1.29 is 14.9 Å². The van der Waals surface area contributed by atoms with Gasteiger partial charge in [-0.1, -0.05) is 13.8 Å². The van der Waals surface area contributed by atoms with Gasteiger partial charge in [-0.25, -0.2) is 0 Å². The van der Waals surface area contributed by atoms with E-state index in [1.807, 2.05) is 6.92 Å². The van der Waals surface area contributed by atoms with Crippen molar-refractivity contribution in [2.45, 2.75) is 83.5 Å². The van der Waals surface area contributed by atoms with Crippen molar-refractivity contribution in [2.24, 2.45) is 28.6 Å². The Labute approximate surface area is 134 Å². The first-order valence-corrected chi connectivity index (χ1v) is 9.30. The summed E-state index contributed by atoms with van der Waals surface area (Å²) in [6, 6.07) is 0. The van der Waals surface area contributed by atoms with Gasteiger partial charge in [-0.15, -0.1) is 0 Å². The normalized spacial score (nSPS) is 61.2. The summed E-state index contributed by atoms with van der Waals surface area (Å²) < 4.78 is 6.19. The summed E-state index contributed by atoms with van der Waals surface area (Å²) >= 11 is 0. The van der Waals surface area contributed by atoms with E-state index in [-0.39, 0.29) is 17.6 Å². The van der Waals surface area contributed by atoms with Crippen LogP contribution in [0.2, 0.25) is 0 Å². The highest BCUT2D eigenvalue weighted by Crippen LogP contribution is 2.64. The molecule has 0 amide bonds.